The molecule has 106 valence electrons. The molecule has 7 heteroatoms. The number of benzene rings is 1. The summed E-state index contributed by atoms with van der Waals surface area (Å²) in [6.45, 7) is 0.670. The van der Waals surface area contributed by atoms with E-state index in [1.807, 2.05) is 0 Å². The Labute approximate surface area is 117 Å². The fourth-order valence-electron chi connectivity index (χ4n) is 1.76. The molecule has 1 aliphatic rings. The number of hydrogen-bond donors (Lipinski definition) is 1. The molecule has 0 atom stereocenters. The average Bonchev–Trinajstić information content (AvgIpc) is 3.13. The molecular weight excluding hydrogens is 287 g/mol. The van der Waals surface area contributed by atoms with E-state index in [2.05, 4.69) is 15.5 Å². The van der Waals surface area contributed by atoms with Crippen LogP contribution in [-0.4, -0.2) is 16.2 Å². The molecule has 1 aliphatic carbocycles. The van der Waals surface area contributed by atoms with Gasteiger partial charge in [0.25, 0.3) is 0 Å². The van der Waals surface area contributed by atoms with Crippen LogP contribution < -0.4 is 5.32 Å². The number of alkyl halides is 3. The van der Waals surface area contributed by atoms with Crippen LogP contribution in [0.3, 0.4) is 0 Å². The predicted octanol–water partition coefficient (Wildman–Crippen LogP) is 3.48. The first-order chi connectivity index (χ1) is 9.52. The van der Waals surface area contributed by atoms with Gasteiger partial charge in [-0.1, -0.05) is 23.5 Å². The van der Waals surface area contributed by atoms with Crippen molar-refractivity contribution in [2.75, 3.05) is 0 Å². The Morgan fingerprint density at radius 1 is 1.15 bits per heavy atom. The standard InChI is InChI=1S/C13H12F3N3S/c14-13(15,16)9-3-1-8(2-4-9)12-19-18-11(20-12)7-17-10-5-6-10/h1-4,10,17H,5-7H2. The minimum absolute atomic E-state index is 0.591. The predicted molar refractivity (Wildman–Crippen MR) is 70.2 cm³/mol. The molecule has 1 fully saturated rings. The SMILES string of the molecule is FC(F)(F)c1ccc(-c2nnc(CNC3CC3)s2)cc1. The van der Waals surface area contributed by atoms with E-state index >= 15 is 0 Å². The Kier molecular flexibility index (Phi) is 3.47. The van der Waals surface area contributed by atoms with Crippen molar-refractivity contribution in [2.24, 2.45) is 0 Å². The zero-order valence-corrected chi connectivity index (χ0v) is 11.3. The molecule has 1 saturated carbocycles. The molecule has 3 nitrogen and oxygen atoms in total. The second-order valence-electron chi connectivity index (χ2n) is 4.73. The van der Waals surface area contributed by atoms with Crippen molar-refractivity contribution in [3.8, 4) is 10.6 Å². The van der Waals surface area contributed by atoms with Gasteiger partial charge in [0.1, 0.15) is 10.0 Å². The quantitative estimate of drug-likeness (QED) is 0.939. The third-order valence-corrected chi connectivity index (χ3v) is 4.02. The molecule has 20 heavy (non-hydrogen) atoms. The Morgan fingerprint density at radius 2 is 1.85 bits per heavy atom. The van der Waals surface area contributed by atoms with Crippen molar-refractivity contribution in [3.63, 3.8) is 0 Å². The van der Waals surface area contributed by atoms with Gasteiger partial charge in [-0.15, -0.1) is 10.2 Å². The van der Waals surface area contributed by atoms with E-state index in [0.29, 0.717) is 23.2 Å². The summed E-state index contributed by atoms with van der Waals surface area (Å²) in [5.74, 6) is 0. The number of nitrogens with one attached hydrogen (secondary N) is 1. The van der Waals surface area contributed by atoms with E-state index in [-0.39, 0.29) is 0 Å². The highest BCUT2D eigenvalue weighted by atomic mass is 32.1. The Morgan fingerprint density at radius 3 is 2.45 bits per heavy atom. The molecule has 0 bridgehead atoms. The summed E-state index contributed by atoms with van der Waals surface area (Å²) < 4.78 is 37.4. The molecule has 0 unspecified atom stereocenters. The van der Waals surface area contributed by atoms with Gasteiger partial charge >= 0.3 is 6.18 Å². The van der Waals surface area contributed by atoms with Gasteiger partial charge in [0.2, 0.25) is 0 Å². The van der Waals surface area contributed by atoms with Crippen molar-refractivity contribution < 1.29 is 13.2 Å². The molecule has 1 aromatic heterocycles. The van der Waals surface area contributed by atoms with E-state index in [4.69, 9.17) is 0 Å². The van der Waals surface area contributed by atoms with Gasteiger partial charge in [-0.3, -0.25) is 0 Å². The van der Waals surface area contributed by atoms with Gasteiger partial charge in [0, 0.05) is 18.2 Å². The number of halogens is 3. The maximum Gasteiger partial charge on any atom is 0.416 e. The zero-order chi connectivity index (χ0) is 14.2. The molecular formula is C13H12F3N3S. The highest BCUT2D eigenvalue weighted by molar-refractivity contribution is 7.14. The molecule has 3 rings (SSSR count). The van der Waals surface area contributed by atoms with Crippen molar-refractivity contribution in [1.29, 1.82) is 0 Å². The van der Waals surface area contributed by atoms with Crippen LogP contribution in [0.5, 0.6) is 0 Å². The number of hydrogen-bond acceptors (Lipinski definition) is 4. The fraction of sp³-hybridized carbons (Fsp3) is 0.385. The lowest BCUT2D eigenvalue weighted by Gasteiger charge is -2.06. The molecule has 1 N–H and O–H groups in total. The highest BCUT2D eigenvalue weighted by Crippen LogP contribution is 2.31. The Balaban J connectivity index is 1.71. The summed E-state index contributed by atoms with van der Waals surface area (Å²) in [6.07, 6.45) is -1.91. The van der Waals surface area contributed by atoms with Crippen LogP contribution in [0.4, 0.5) is 13.2 Å². The monoisotopic (exact) mass is 299 g/mol. The van der Waals surface area contributed by atoms with Crippen LogP contribution in [0.2, 0.25) is 0 Å². The van der Waals surface area contributed by atoms with E-state index in [9.17, 15) is 13.2 Å². The Bertz CT molecular complexity index is 588. The summed E-state index contributed by atoms with van der Waals surface area (Å²) in [7, 11) is 0. The number of aromatic nitrogens is 2. The summed E-state index contributed by atoms with van der Waals surface area (Å²) >= 11 is 1.40. The number of rotatable bonds is 4. The van der Waals surface area contributed by atoms with E-state index in [1.54, 1.807) is 0 Å². The van der Waals surface area contributed by atoms with E-state index in [1.165, 1.54) is 36.3 Å². The van der Waals surface area contributed by atoms with Crippen LogP contribution in [0.15, 0.2) is 24.3 Å². The lowest BCUT2D eigenvalue weighted by atomic mass is 10.1. The first-order valence-electron chi connectivity index (χ1n) is 6.26. The lowest BCUT2D eigenvalue weighted by Crippen LogP contribution is -2.14. The molecule has 0 radical (unpaired) electrons. The third-order valence-electron chi connectivity index (χ3n) is 3.05. The summed E-state index contributed by atoms with van der Waals surface area (Å²) in [6, 6.07) is 5.59. The van der Waals surface area contributed by atoms with Crippen molar-refractivity contribution >= 4 is 11.3 Å². The van der Waals surface area contributed by atoms with Crippen LogP contribution in [0.25, 0.3) is 10.6 Å². The second-order valence-corrected chi connectivity index (χ2v) is 5.79. The molecule has 2 aromatic rings. The average molecular weight is 299 g/mol. The van der Waals surface area contributed by atoms with Crippen molar-refractivity contribution in [1.82, 2.24) is 15.5 Å². The van der Waals surface area contributed by atoms with Gasteiger partial charge in [0.05, 0.1) is 5.56 Å². The van der Waals surface area contributed by atoms with Crippen molar-refractivity contribution in [2.45, 2.75) is 31.6 Å². The van der Waals surface area contributed by atoms with Gasteiger partial charge in [-0.25, -0.2) is 0 Å². The van der Waals surface area contributed by atoms with E-state index in [0.717, 1.165) is 17.1 Å². The van der Waals surface area contributed by atoms with Gasteiger partial charge in [-0.05, 0) is 25.0 Å². The fourth-order valence-corrected chi connectivity index (χ4v) is 2.56. The van der Waals surface area contributed by atoms with E-state index < -0.39 is 11.7 Å². The lowest BCUT2D eigenvalue weighted by molar-refractivity contribution is -0.137. The summed E-state index contributed by atoms with van der Waals surface area (Å²) in [5.41, 5.74) is 0.00885. The maximum absolute atomic E-state index is 12.5. The third kappa shape index (κ3) is 3.16. The minimum atomic E-state index is -4.31. The van der Waals surface area contributed by atoms with Crippen LogP contribution >= 0.6 is 11.3 Å². The van der Waals surface area contributed by atoms with Gasteiger partial charge in [-0.2, -0.15) is 13.2 Å². The highest BCUT2D eigenvalue weighted by Gasteiger charge is 2.30. The first kappa shape index (κ1) is 13.5. The summed E-state index contributed by atoms with van der Waals surface area (Å²) in [5, 5.41) is 12.9. The topological polar surface area (TPSA) is 37.8 Å². The minimum Gasteiger partial charge on any atom is -0.308 e. The normalized spacial score (nSPS) is 15.6. The van der Waals surface area contributed by atoms with Gasteiger partial charge in [0.15, 0.2) is 0 Å². The zero-order valence-electron chi connectivity index (χ0n) is 10.4. The first-order valence-corrected chi connectivity index (χ1v) is 7.07. The Hall–Kier alpha value is -1.47. The second kappa shape index (κ2) is 5.14. The number of nitrogens with zero attached hydrogens (tertiary/aromatic N) is 2. The molecule has 0 amide bonds. The summed E-state index contributed by atoms with van der Waals surface area (Å²) in [4.78, 5) is 0. The molecule has 0 aliphatic heterocycles. The molecule has 1 aromatic carbocycles. The molecule has 0 spiro atoms. The smallest absolute Gasteiger partial charge is 0.308 e. The van der Waals surface area contributed by atoms with Crippen LogP contribution in [-0.2, 0) is 12.7 Å². The van der Waals surface area contributed by atoms with Crippen LogP contribution in [0, 0.1) is 0 Å². The van der Waals surface area contributed by atoms with Gasteiger partial charge < -0.3 is 5.32 Å². The molecule has 1 heterocycles. The largest absolute Gasteiger partial charge is 0.416 e. The van der Waals surface area contributed by atoms with Crippen molar-refractivity contribution in [3.05, 3.63) is 34.8 Å². The van der Waals surface area contributed by atoms with Crippen LogP contribution in [0.1, 0.15) is 23.4 Å². The molecule has 0 saturated heterocycles. The maximum atomic E-state index is 12.5.